The predicted octanol–water partition coefficient (Wildman–Crippen LogP) is 2.45. The Balaban J connectivity index is 1.38. The summed E-state index contributed by atoms with van der Waals surface area (Å²) in [4.78, 5) is 26.8. The van der Waals surface area contributed by atoms with Gasteiger partial charge < -0.3 is 10.2 Å². The molecule has 1 aromatic heterocycles. The number of nitrogens with one attached hydrogen (secondary N) is 1. The number of aryl methyl sites for hydroxylation is 1. The second-order valence-corrected chi connectivity index (χ2v) is 7.55. The lowest BCUT2D eigenvalue weighted by Gasteiger charge is -2.34. The number of nitrogens with zero attached hydrogens (tertiary/aromatic N) is 4. The smallest absolute Gasteiger partial charge is 0.251 e. The molecule has 1 aliphatic heterocycles. The molecule has 1 saturated heterocycles. The second kappa shape index (κ2) is 9.71. The fraction of sp³-hybridized carbons (Fsp3) is 0.450. The Labute approximate surface area is 165 Å². The molecule has 6 nitrogen and oxygen atoms in total. The molecule has 3 rings (SSSR count). The number of hydrogen-bond donors (Lipinski definition) is 1. The maximum absolute atomic E-state index is 12.4. The van der Waals surface area contributed by atoms with Gasteiger partial charge >= 0.3 is 0 Å². The molecule has 2 heterocycles. The topological polar surface area (TPSA) is 61.4 Å². The third-order valence-electron chi connectivity index (χ3n) is 4.83. The van der Waals surface area contributed by atoms with Gasteiger partial charge in [-0.2, -0.15) is 0 Å². The number of thioether (sulfide) groups is 1. The molecule has 144 valence electrons. The van der Waals surface area contributed by atoms with Crippen LogP contribution in [0.3, 0.4) is 0 Å². The van der Waals surface area contributed by atoms with Gasteiger partial charge in [-0.05, 0) is 49.9 Å². The monoisotopic (exact) mass is 385 g/mol. The number of anilines is 1. The van der Waals surface area contributed by atoms with Crippen LogP contribution >= 0.6 is 11.8 Å². The molecule has 7 heteroatoms. The summed E-state index contributed by atoms with van der Waals surface area (Å²) in [5.41, 5.74) is 1.79. The Morgan fingerprint density at radius 2 is 1.93 bits per heavy atom. The van der Waals surface area contributed by atoms with Gasteiger partial charge in [-0.25, -0.2) is 9.97 Å². The summed E-state index contributed by atoms with van der Waals surface area (Å²) in [6, 6.07) is 7.88. The minimum absolute atomic E-state index is 0.0226. The first kappa shape index (κ1) is 19.6. The SMILES string of the molecule is CSc1ccc(C)c(C(=O)NCCCN2CCN(c3ncccn3)CC2)c1. The van der Waals surface area contributed by atoms with E-state index in [4.69, 9.17) is 0 Å². The first-order valence-corrected chi connectivity index (χ1v) is 10.6. The van der Waals surface area contributed by atoms with Crippen molar-refractivity contribution in [1.29, 1.82) is 0 Å². The molecule has 0 saturated carbocycles. The number of carbonyl (C=O) groups is 1. The highest BCUT2D eigenvalue weighted by atomic mass is 32.2. The zero-order chi connectivity index (χ0) is 19.1. The van der Waals surface area contributed by atoms with E-state index in [0.717, 1.165) is 61.1 Å². The van der Waals surface area contributed by atoms with E-state index >= 15 is 0 Å². The Hall–Kier alpha value is -2.12. The molecule has 0 aliphatic carbocycles. The summed E-state index contributed by atoms with van der Waals surface area (Å²) in [6.07, 6.45) is 6.55. The van der Waals surface area contributed by atoms with Crippen molar-refractivity contribution in [1.82, 2.24) is 20.2 Å². The summed E-state index contributed by atoms with van der Waals surface area (Å²) in [5, 5.41) is 3.06. The third kappa shape index (κ3) is 5.43. The van der Waals surface area contributed by atoms with Crippen molar-refractivity contribution in [2.24, 2.45) is 0 Å². The Kier molecular flexibility index (Phi) is 7.06. The Morgan fingerprint density at radius 3 is 2.63 bits per heavy atom. The standard InChI is InChI=1S/C20H27N5OS/c1-16-5-6-17(27-2)15-18(16)19(26)21-9-4-10-24-11-13-25(14-12-24)20-22-7-3-8-23-20/h3,5-8,15H,4,9-14H2,1-2H3,(H,21,26). The molecule has 1 aliphatic rings. The molecule has 0 unspecified atom stereocenters. The number of hydrogen-bond acceptors (Lipinski definition) is 6. The average molecular weight is 386 g/mol. The van der Waals surface area contributed by atoms with Crippen LogP contribution in [0.5, 0.6) is 0 Å². The first-order valence-electron chi connectivity index (χ1n) is 9.34. The van der Waals surface area contributed by atoms with Crippen molar-refractivity contribution in [3.05, 3.63) is 47.8 Å². The molecular weight excluding hydrogens is 358 g/mol. The van der Waals surface area contributed by atoms with Crippen LogP contribution in [-0.4, -0.2) is 66.3 Å². The number of rotatable bonds is 7. The third-order valence-corrected chi connectivity index (χ3v) is 5.56. The second-order valence-electron chi connectivity index (χ2n) is 6.67. The van der Waals surface area contributed by atoms with E-state index in [0.29, 0.717) is 6.54 Å². The fourth-order valence-corrected chi connectivity index (χ4v) is 3.64. The van der Waals surface area contributed by atoms with E-state index in [2.05, 4.69) is 31.2 Å². The van der Waals surface area contributed by atoms with Crippen molar-refractivity contribution in [2.45, 2.75) is 18.2 Å². The Bertz CT molecular complexity index is 747. The van der Waals surface area contributed by atoms with Crippen LogP contribution < -0.4 is 10.2 Å². The van der Waals surface area contributed by atoms with Gasteiger partial charge in [-0.3, -0.25) is 9.69 Å². The minimum atomic E-state index is 0.0226. The first-order chi connectivity index (χ1) is 13.2. The molecule has 1 amide bonds. The van der Waals surface area contributed by atoms with E-state index in [9.17, 15) is 4.79 Å². The fourth-order valence-electron chi connectivity index (χ4n) is 3.20. The van der Waals surface area contributed by atoms with Gasteiger partial charge in [0.25, 0.3) is 5.91 Å². The number of piperazine rings is 1. The van der Waals surface area contributed by atoms with Crippen LogP contribution in [0.2, 0.25) is 0 Å². The molecule has 1 fully saturated rings. The van der Waals surface area contributed by atoms with Gasteiger partial charge in [-0.1, -0.05) is 6.07 Å². The van der Waals surface area contributed by atoms with Gasteiger partial charge in [0.15, 0.2) is 0 Å². The number of amides is 1. The minimum Gasteiger partial charge on any atom is -0.352 e. The van der Waals surface area contributed by atoms with Crippen molar-refractivity contribution >= 4 is 23.6 Å². The number of carbonyl (C=O) groups excluding carboxylic acids is 1. The highest BCUT2D eigenvalue weighted by Crippen LogP contribution is 2.19. The highest BCUT2D eigenvalue weighted by Gasteiger charge is 2.18. The van der Waals surface area contributed by atoms with Crippen LogP contribution in [0.15, 0.2) is 41.6 Å². The maximum Gasteiger partial charge on any atom is 0.251 e. The molecule has 0 atom stereocenters. The highest BCUT2D eigenvalue weighted by molar-refractivity contribution is 7.98. The average Bonchev–Trinajstić information content (AvgIpc) is 2.72. The number of benzene rings is 1. The quantitative estimate of drug-likeness (QED) is 0.584. The summed E-state index contributed by atoms with van der Waals surface area (Å²) < 4.78 is 0. The van der Waals surface area contributed by atoms with Crippen LogP contribution in [0.1, 0.15) is 22.3 Å². The van der Waals surface area contributed by atoms with Crippen molar-refractivity contribution < 1.29 is 4.79 Å². The summed E-state index contributed by atoms with van der Waals surface area (Å²) in [7, 11) is 0. The molecule has 0 bridgehead atoms. The summed E-state index contributed by atoms with van der Waals surface area (Å²) in [5.74, 6) is 0.835. The normalized spacial score (nSPS) is 15.0. The van der Waals surface area contributed by atoms with Crippen molar-refractivity contribution in [2.75, 3.05) is 50.4 Å². The largest absolute Gasteiger partial charge is 0.352 e. The lowest BCUT2D eigenvalue weighted by molar-refractivity contribution is 0.0950. The van der Waals surface area contributed by atoms with Gasteiger partial charge in [-0.15, -0.1) is 11.8 Å². The number of aromatic nitrogens is 2. The van der Waals surface area contributed by atoms with E-state index in [1.54, 1.807) is 24.2 Å². The van der Waals surface area contributed by atoms with E-state index < -0.39 is 0 Å². The molecular formula is C20H27N5OS. The van der Waals surface area contributed by atoms with Gasteiger partial charge in [0.2, 0.25) is 5.95 Å². The molecule has 2 aromatic rings. The van der Waals surface area contributed by atoms with Crippen LogP contribution in [0.25, 0.3) is 0 Å². The van der Waals surface area contributed by atoms with Gasteiger partial charge in [0.05, 0.1) is 0 Å². The lowest BCUT2D eigenvalue weighted by atomic mass is 10.1. The van der Waals surface area contributed by atoms with Gasteiger partial charge in [0.1, 0.15) is 0 Å². The van der Waals surface area contributed by atoms with Crippen LogP contribution in [0.4, 0.5) is 5.95 Å². The van der Waals surface area contributed by atoms with Crippen LogP contribution in [0, 0.1) is 6.92 Å². The molecule has 0 radical (unpaired) electrons. The Morgan fingerprint density at radius 1 is 1.19 bits per heavy atom. The molecule has 27 heavy (non-hydrogen) atoms. The van der Waals surface area contributed by atoms with E-state index in [-0.39, 0.29) is 5.91 Å². The van der Waals surface area contributed by atoms with Crippen molar-refractivity contribution in [3.63, 3.8) is 0 Å². The summed E-state index contributed by atoms with van der Waals surface area (Å²) >= 11 is 1.66. The zero-order valence-electron chi connectivity index (χ0n) is 16.0. The maximum atomic E-state index is 12.4. The van der Waals surface area contributed by atoms with Crippen LogP contribution in [-0.2, 0) is 0 Å². The van der Waals surface area contributed by atoms with E-state index in [1.807, 2.05) is 31.4 Å². The predicted molar refractivity (Wildman–Crippen MR) is 111 cm³/mol. The molecule has 0 spiro atoms. The van der Waals surface area contributed by atoms with Gasteiger partial charge in [0, 0.05) is 55.6 Å². The molecule has 1 aromatic carbocycles. The summed E-state index contributed by atoms with van der Waals surface area (Å²) in [6.45, 7) is 7.56. The zero-order valence-corrected chi connectivity index (χ0v) is 16.8. The lowest BCUT2D eigenvalue weighted by Crippen LogP contribution is -2.47. The van der Waals surface area contributed by atoms with Crippen molar-refractivity contribution in [3.8, 4) is 0 Å². The van der Waals surface area contributed by atoms with E-state index in [1.165, 1.54) is 0 Å². The molecule has 1 N–H and O–H groups in total.